The molecule has 2 heterocycles. The Bertz CT molecular complexity index is 834. The summed E-state index contributed by atoms with van der Waals surface area (Å²) in [4.78, 5) is 18.4. The van der Waals surface area contributed by atoms with Crippen molar-refractivity contribution in [1.82, 2.24) is 19.8 Å². The zero-order valence-electron chi connectivity index (χ0n) is 14.8. The maximum atomic E-state index is 12.6. The van der Waals surface area contributed by atoms with Gasteiger partial charge in [0.25, 0.3) is 0 Å². The van der Waals surface area contributed by atoms with Gasteiger partial charge in [0.2, 0.25) is 0 Å². The largest absolute Gasteiger partial charge is 0.335 e. The lowest BCUT2D eigenvalue weighted by molar-refractivity contribution is 0.197. The van der Waals surface area contributed by atoms with Crippen LogP contribution < -0.4 is 5.32 Å². The van der Waals surface area contributed by atoms with Crippen molar-refractivity contribution in [2.75, 3.05) is 24.6 Å². The van der Waals surface area contributed by atoms with Crippen LogP contribution in [0.3, 0.4) is 0 Å². The van der Waals surface area contributed by atoms with E-state index in [-0.39, 0.29) is 36.7 Å². The number of sulfone groups is 1. The van der Waals surface area contributed by atoms with Crippen LogP contribution in [0.25, 0.3) is 0 Å². The van der Waals surface area contributed by atoms with Crippen LogP contribution in [0.4, 0.5) is 4.79 Å². The third kappa shape index (κ3) is 4.63. The van der Waals surface area contributed by atoms with Crippen LogP contribution in [0.15, 0.2) is 42.7 Å². The number of nitrogens with one attached hydrogen (secondary N) is 1. The van der Waals surface area contributed by atoms with Crippen molar-refractivity contribution in [1.29, 1.82) is 0 Å². The minimum Gasteiger partial charge on any atom is -0.335 e. The summed E-state index contributed by atoms with van der Waals surface area (Å²) in [6.07, 6.45) is 4.41. The maximum absolute atomic E-state index is 12.6. The molecule has 1 aromatic heterocycles. The summed E-state index contributed by atoms with van der Waals surface area (Å²) < 4.78 is 25.2. The van der Waals surface area contributed by atoms with E-state index in [1.54, 1.807) is 11.1 Å². The van der Waals surface area contributed by atoms with E-state index in [1.165, 1.54) is 0 Å². The molecule has 3 rings (SSSR count). The number of rotatable bonds is 5. The van der Waals surface area contributed by atoms with Gasteiger partial charge in [-0.2, -0.15) is 0 Å². The van der Waals surface area contributed by atoms with E-state index in [0.29, 0.717) is 0 Å². The number of carbonyl (C=O) groups excluding carboxylic acids is 1. The highest BCUT2D eigenvalue weighted by atomic mass is 32.2. The summed E-state index contributed by atoms with van der Waals surface area (Å²) in [5.74, 6) is 0.999. The Morgan fingerprint density at radius 1 is 1.23 bits per heavy atom. The standard InChI is InChI=1S/C18H24N4O3S/c1-15-19-8-10-21(15)9-7-17(16-5-3-2-4-6-16)20-18(23)22-11-13-26(24,25)14-12-22/h2-6,8,10,17H,7,9,11-14H2,1H3,(H,20,23)/t17-/m1/s1. The predicted molar refractivity (Wildman–Crippen MR) is 99.5 cm³/mol. The number of aryl methyl sites for hydroxylation is 2. The molecule has 7 nitrogen and oxygen atoms in total. The summed E-state index contributed by atoms with van der Waals surface area (Å²) in [5, 5.41) is 3.07. The molecule has 1 aliphatic heterocycles. The maximum Gasteiger partial charge on any atom is 0.317 e. The fourth-order valence-corrected chi connectivity index (χ4v) is 4.27. The van der Waals surface area contributed by atoms with Crippen LogP contribution >= 0.6 is 0 Å². The van der Waals surface area contributed by atoms with Crippen molar-refractivity contribution in [3.05, 3.63) is 54.1 Å². The zero-order valence-corrected chi connectivity index (χ0v) is 15.7. The lowest BCUT2D eigenvalue weighted by Crippen LogP contribution is -2.49. The summed E-state index contributed by atoms with van der Waals surface area (Å²) in [6.45, 7) is 3.18. The average Bonchev–Trinajstić information content (AvgIpc) is 3.04. The number of amides is 2. The third-order valence-electron chi connectivity index (χ3n) is 4.71. The van der Waals surface area contributed by atoms with Gasteiger partial charge in [0.1, 0.15) is 5.82 Å². The quantitative estimate of drug-likeness (QED) is 0.862. The van der Waals surface area contributed by atoms with Crippen molar-refractivity contribution in [2.24, 2.45) is 0 Å². The molecule has 0 saturated carbocycles. The van der Waals surface area contributed by atoms with Gasteiger partial charge in [0.05, 0.1) is 17.5 Å². The first-order valence-electron chi connectivity index (χ1n) is 8.73. The van der Waals surface area contributed by atoms with E-state index in [0.717, 1.165) is 24.4 Å². The molecule has 0 spiro atoms. The number of imidazole rings is 1. The molecule has 2 aromatic rings. The minimum absolute atomic E-state index is 0.0324. The SMILES string of the molecule is Cc1nccn1CC[C@@H](NC(=O)N1CCS(=O)(=O)CC1)c1ccccc1. The summed E-state index contributed by atoms with van der Waals surface area (Å²) in [6, 6.07) is 9.46. The second-order valence-electron chi connectivity index (χ2n) is 6.51. The van der Waals surface area contributed by atoms with Gasteiger partial charge in [-0.15, -0.1) is 0 Å². The first-order chi connectivity index (χ1) is 12.4. The molecular weight excluding hydrogens is 352 g/mol. The highest BCUT2D eigenvalue weighted by Gasteiger charge is 2.26. The Labute approximate surface area is 154 Å². The molecule has 1 N–H and O–H groups in total. The molecule has 1 saturated heterocycles. The Hall–Kier alpha value is -2.35. The van der Waals surface area contributed by atoms with E-state index >= 15 is 0 Å². The Morgan fingerprint density at radius 2 is 1.92 bits per heavy atom. The third-order valence-corrected chi connectivity index (χ3v) is 6.32. The van der Waals surface area contributed by atoms with Gasteiger partial charge in [-0.05, 0) is 18.9 Å². The second kappa shape index (κ2) is 7.90. The molecule has 26 heavy (non-hydrogen) atoms. The number of hydrogen-bond acceptors (Lipinski definition) is 4. The summed E-state index contributed by atoms with van der Waals surface area (Å²) in [7, 11) is -3.01. The van der Waals surface area contributed by atoms with Gasteiger partial charge in [-0.3, -0.25) is 0 Å². The number of nitrogens with zero attached hydrogens (tertiary/aromatic N) is 3. The Morgan fingerprint density at radius 3 is 2.54 bits per heavy atom. The minimum atomic E-state index is -3.01. The predicted octanol–water partition coefficient (Wildman–Crippen LogP) is 1.76. The highest BCUT2D eigenvalue weighted by molar-refractivity contribution is 7.91. The van der Waals surface area contributed by atoms with E-state index in [1.807, 2.05) is 43.5 Å². The van der Waals surface area contributed by atoms with Crippen LogP contribution in [0.1, 0.15) is 23.9 Å². The number of benzene rings is 1. The molecule has 1 aliphatic rings. The molecule has 1 aromatic carbocycles. The highest BCUT2D eigenvalue weighted by Crippen LogP contribution is 2.19. The van der Waals surface area contributed by atoms with Crippen molar-refractivity contribution < 1.29 is 13.2 Å². The van der Waals surface area contributed by atoms with Crippen LogP contribution in [-0.4, -0.2) is 53.5 Å². The molecule has 2 amide bonds. The molecule has 0 unspecified atom stereocenters. The van der Waals surface area contributed by atoms with Crippen LogP contribution in [0.2, 0.25) is 0 Å². The molecule has 0 aliphatic carbocycles. The van der Waals surface area contributed by atoms with Crippen molar-refractivity contribution in [3.63, 3.8) is 0 Å². The van der Waals surface area contributed by atoms with Gasteiger partial charge in [-0.25, -0.2) is 18.2 Å². The first kappa shape index (κ1) is 18.4. The fraction of sp³-hybridized carbons (Fsp3) is 0.444. The van der Waals surface area contributed by atoms with Gasteiger partial charge >= 0.3 is 6.03 Å². The van der Waals surface area contributed by atoms with Gasteiger partial charge in [0, 0.05) is 32.0 Å². The zero-order chi connectivity index (χ0) is 18.6. The molecule has 1 fully saturated rings. The Kier molecular flexibility index (Phi) is 5.61. The Balaban J connectivity index is 1.67. The van der Waals surface area contributed by atoms with Gasteiger partial charge in [0.15, 0.2) is 9.84 Å². The van der Waals surface area contributed by atoms with Gasteiger partial charge < -0.3 is 14.8 Å². The van der Waals surface area contributed by atoms with Crippen molar-refractivity contribution in [3.8, 4) is 0 Å². The molecular formula is C18H24N4O3S. The molecule has 0 bridgehead atoms. The average molecular weight is 376 g/mol. The fourth-order valence-electron chi connectivity index (χ4n) is 3.07. The lowest BCUT2D eigenvalue weighted by Gasteiger charge is -2.29. The van der Waals surface area contributed by atoms with E-state index < -0.39 is 9.84 Å². The van der Waals surface area contributed by atoms with Gasteiger partial charge in [-0.1, -0.05) is 30.3 Å². The first-order valence-corrected chi connectivity index (χ1v) is 10.6. The van der Waals surface area contributed by atoms with Crippen molar-refractivity contribution >= 4 is 15.9 Å². The second-order valence-corrected chi connectivity index (χ2v) is 8.81. The van der Waals surface area contributed by atoms with Crippen LogP contribution in [0, 0.1) is 6.92 Å². The molecule has 140 valence electrons. The lowest BCUT2D eigenvalue weighted by atomic mass is 10.0. The number of aromatic nitrogens is 2. The van der Waals surface area contributed by atoms with Crippen LogP contribution in [0.5, 0.6) is 0 Å². The number of carbonyl (C=O) groups is 1. The summed E-state index contributed by atoms with van der Waals surface area (Å²) in [5.41, 5.74) is 1.03. The molecule has 8 heteroatoms. The summed E-state index contributed by atoms with van der Waals surface area (Å²) >= 11 is 0. The number of hydrogen-bond donors (Lipinski definition) is 1. The monoisotopic (exact) mass is 376 g/mol. The van der Waals surface area contributed by atoms with E-state index in [9.17, 15) is 13.2 Å². The van der Waals surface area contributed by atoms with E-state index in [4.69, 9.17) is 0 Å². The van der Waals surface area contributed by atoms with Crippen LogP contribution in [-0.2, 0) is 16.4 Å². The topological polar surface area (TPSA) is 84.3 Å². The smallest absolute Gasteiger partial charge is 0.317 e. The van der Waals surface area contributed by atoms with Crippen molar-refractivity contribution in [2.45, 2.75) is 25.9 Å². The number of urea groups is 1. The molecule has 0 radical (unpaired) electrons. The molecule has 1 atom stereocenters. The normalized spacial score (nSPS) is 17.7. The van der Waals surface area contributed by atoms with E-state index in [2.05, 4.69) is 14.9 Å².